The highest BCUT2D eigenvalue weighted by molar-refractivity contribution is 5.93. The molecule has 0 amide bonds. The molecule has 0 aliphatic carbocycles. The summed E-state index contributed by atoms with van der Waals surface area (Å²) in [6, 6.07) is 8.24. The molecule has 0 radical (unpaired) electrons. The molecule has 27 heavy (non-hydrogen) atoms. The molecule has 0 fully saturated rings. The number of hydrogen-bond acceptors (Lipinski definition) is 4. The smallest absolute Gasteiger partial charge is 0.151 e. The maximum Gasteiger partial charge on any atom is 0.151 e. The minimum absolute atomic E-state index is 0.185. The van der Waals surface area contributed by atoms with Gasteiger partial charge < -0.3 is 19.1 Å². The molecule has 3 rings (SSSR count). The third-order valence-corrected chi connectivity index (χ3v) is 5.03. The van der Waals surface area contributed by atoms with E-state index in [1.54, 1.807) is 0 Å². The van der Waals surface area contributed by atoms with Crippen LogP contribution in [0.1, 0.15) is 50.8 Å². The molecule has 0 saturated heterocycles. The molecule has 146 valence electrons. The van der Waals surface area contributed by atoms with Crippen molar-refractivity contribution in [2.24, 2.45) is 7.05 Å². The Labute approximate surface area is 161 Å². The highest BCUT2D eigenvalue weighted by atomic mass is 16.5. The molecule has 0 aliphatic rings. The van der Waals surface area contributed by atoms with Crippen molar-refractivity contribution in [1.29, 1.82) is 0 Å². The SMILES string of the molecule is CCc1noc(C(C)(C)C)c1-c1c(C(O)CN(C)C)c2ccccc2n1C. The zero-order valence-electron chi connectivity index (χ0n) is 17.5. The van der Waals surface area contributed by atoms with Gasteiger partial charge in [0.1, 0.15) is 0 Å². The first-order chi connectivity index (χ1) is 12.7. The van der Waals surface area contributed by atoms with Crippen LogP contribution in [0.4, 0.5) is 0 Å². The van der Waals surface area contributed by atoms with Gasteiger partial charge in [0.15, 0.2) is 5.76 Å². The van der Waals surface area contributed by atoms with Crippen molar-refractivity contribution in [3.63, 3.8) is 0 Å². The average molecular weight is 370 g/mol. The molecule has 2 heterocycles. The lowest BCUT2D eigenvalue weighted by Crippen LogP contribution is -2.21. The largest absolute Gasteiger partial charge is 0.387 e. The highest BCUT2D eigenvalue weighted by Gasteiger charge is 2.32. The molecule has 5 heteroatoms. The zero-order valence-corrected chi connectivity index (χ0v) is 17.5. The van der Waals surface area contributed by atoms with Gasteiger partial charge >= 0.3 is 0 Å². The van der Waals surface area contributed by atoms with Gasteiger partial charge in [-0.05, 0) is 26.6 Å². The van der Waals surface area contributed by atoms with Gasteiger partial charge in [-0.1, -0.05) is 51.1 Å². The number of likely N-dealkylation sites (N-methyl/N-ethyl adjacent to an activating group) is 1. The summed E-state index contributed by atoms with van der Waals surface area (Å²) < 4.78 is 7.99. The molecule has 2 aromatic heterocycles. The van der Waals surface area contributed by atoms with E-state index in [0.717, 1.165) is 45.6 Å². The molecule has 0 spiro atoms. The Morgan fingerprint density at radius 2 is 1.89 bits per heavy atom. The number of aromatic nitrogens is 2. The van der Waals surface area contributed by atoms with Crippen molar-refractivity contribution in [3.05, 3.63) is 41.3 Å². The third kappa shape index (κ3) is 3.42. The molecule has 3 aromatic rings. The normalized spacial score (nSPS) is 13.7. The van der Waals surface area contributed by atoms with Crippen LogP contribution in [0.3, 0.4) is 0 Å². The number of hydrogen-bond donors (Lipinski definition) is 1. The minimum Gasteiger partial charge on any atom is -0.387 e. The van der Waals surface area contributed by atoms with Gasteiger partial charge in [-0.2, -0.15) is 0 Å². The second-order valence-electron chi connectivity index (χ2n) is 8.55. The van der Waals surface area contributed by atoms with E-state index >= 15 is 0 Å². The number of aliphatic hydroxyl groups excluding tert-OH is 1. The summed E-state index contributed by atoms with van der Waals surface area (Å²) in [5, 5.41) is 16.6. The summed E-state index contributed by atoms with van der Waals surface area (Å²) in [6.07, 6.45) is 0.174. The summed E-state index contributed by atoms with van der Waals surface area (Å²) >= 11 is 0. The number of nitrogens with zero attached hydrogens (tertiary/aromatic N) is 3. The predicted molar refractivity (Wildman–Crippen MR) is 110 cm³/mol. The van der Waals surface area contributed by atoms with Crippen molar-refractivity contribution >= 4 is 10.9 Å². The van der Waals surface area contributed by atoms with Crippen molar-refractivity contribution in [2.75, 3.05) is 20.6 Å². The standard InChI is InChI=1S/C22H31N3O2/c1-8-15-19(21(27-23-15)22(2,3)4)20-18(17(26)13-24(5)6)14-11-9-10-12-16(14)25(20)7/h9-12,17,26H,8,13H2,1-7H3. The topological polar surface area (TPSA) is 54.4 Å². The van der Waals surface area contributed by atoms with Crippen LogP contribution in [0.2, 0.25) is 0 Å². The summed E-state index contributed by atoms with van der Waals surface area (Å²) in [7, 11) is 6.01. The first-order valence-corrected chi connectivity index (χ1v) is 9.56. The van der Waals surface area contributed by atoms with Crippen molar-refractivity contribution in [3.8, 4) is 11.3 Å². The number of fused-ring (bicyclic) bond motifs is 1. The highest BCUT2D eigenvalue weighted by Crippen LogP contribution is 2.43. The second kappa shape index (κ2) is 7.13. The van der Waals surface area contributed by atoms with Crippen LogP contribution in [-0.4, -0.2) is 40.4 Å². The fourth-order valence-corrected chi connectivity index (χ4v) is 3.82. The quantitative estimate of drug-likeness (QED) is 0.729. The number of para-hydroxylation sites is 1. The third-order valence-electron chi connectivity index (χ3n) is 5.03. The second-order valence-corrected chi connectivity index (χ2v) is 8.55. The van der Waals surface area contributed by atoms with Gasteiger partial charge in [-0.3, -0.25) is 0 Å². The molecule has 5 nitrogen and oxygen atoms in total. The van der Waals surface area contributed by atoms with Crippen LogP contribution in [0, 0.1) is 0 Å². The molecule has 0 saturated carbocycles. The summed E-state index contributed by atoms with van der Waals surface area (Å²) in [5.74, 6) is 0.864. The van der Waals surface area contributed by atoms with Gasteiger partial charge in [0, 0.05) is 35.5 Å². The monoisotopic (exact) mass is 369 g/mol. The summed E-state index contributed by atoms with van der Waals surface area (Å²) in [6.45, 7) is 9.05. The fraction of sp³-hybridized carbons (Fsp3) is 0.500. The lowest BCUT2D eigenvalue weighted by molar-refractivity contribution is 0.140. The lowest BCUT2D eigenvalue weighted by Gasteiger charge is -2.21. The Balaban J connectivity index is 2.39. The first-order valence-electron chi connectivity index (χ1n) is 9.56. The number of benzene rings is 1. The van der Waals surface area contributed by atoms with Gasteiger partial charge in [0.05, 0.1) is 23.1 Å². The van der Waals surface area contributed by atoms with E-state index in [4.69, 9.17) is 4.52 Å². The molecule has 1 unspecified atom stereocenters. The molecule has 0 aliphatic heterocycles. The number of aliphatic hydroxyl groups is 1. The Hall–Kier alpha value is -2.11. The van der Waals surface area contributed by atoms with E-state index in [9.17, 15) is 5.11 Å². The van der Waals surface area contributed by atoms with Crippen molar-refractivity contribution in [2.45, 2.75) is 45.6 Å². The van der Waals surface area contributed by atoms with Crippen molar-refractivity contribution in [1.82, 2.24) is 14.6 Å². The van der Waals surface area contributed by atoms with Crippen LogP contribution in [0.5, 0.6) is 0 Å². The van der Waals surface area contributed by atoms with Crippen LogP contribution in [-0.2, 0) is 18.9 Å². The Morgan fingerprint density at radius 1 is 1.22 bits per heavy atom. The Kier molecular flexibility index (Phi) is 5.19. The molecule has 1 aromatic carbocycles. The average Bonchev–Trinajstić information content (AvgIpc) is 3.13. The number of rotatable bonds is 5. The molecular weight excluding hydrogens is 338 g/mol. The van der Waals surface area contributed by atoms with E-state index in [-0.39, 0.29) is 5.41 Å². The zero-order chi connectivity index (χ0) is 19.9. The van der Waals surface area contributed by atoms with Crippen molar-refractivity contribution < 1.29 is 9.63 Å². The fourth-order valence-electron chi connectivity index (χ4n) is 3.82. The van der Waals surface area contributed by atoms with E-state index in [2.05, 4.69) is 56.6 Å². The maximum atomic E-state index is 11.1. The Morgan fingerprint density at radius 3 is 2.48 bits per heavy atom. The van der Waals surface area contributed by atoms with E-state index in [1.807, 2.05) is 31.1 Å². The van der Waals surface area contributed by atoms with Gasteiger partial charge in [0.2, 0.25) is 0 Å². The minimum atomic E-state index is -0.603. The van der Waals surface area contributed by atoms with Gasteiger partial charge in [-0.15, -0.1) is 0 Å². The maximum absolute atomic E-state index is 11.1. The van der Waals surface area contributed by atoms with Gasteiger partial charge in [-0.25, -0.2) is 0 Å². The Bertz CT molecular complexity index is 945. The molecule has 1 N–H and O–H groups in total. The first kappa shape index (κ1) is 19.6. The summed E-state index contributed by atoms with van der Waals surface area (Å²) in [4.78, 5) is 2.01. The van der Waals surface area contributed by atoms with E-state index < -0.39 is 6.10 Å². The number of aryl methyl sites for hydroxylation is 2. The van der Waals surface area contributed by atoms with Crippen LogP contribution >= 0.6 is 0 Å². The summed E-state index contributed by atoms with van der Waals surface area (Å²) in [5.41, 5.74) is 4.83. The molecule has 0 bridgehead atoms. The molecule has 1 atom stereocenters. The van der Waals surface area contributed by atoms with Crippen LogP contribution in [0.15, 0.2) is 28.8 Å². The molecular formula is C22H31N3O2. The van der Waals surface area contributed by atoms with E-state index in [0.29, 0.717) is 6.54 Å². The van der Waals surface area contributed by atoms with Crippen LogP contribution < -0.4 is 0 Å². The van der Waals surface area contributed by atoms with E-state index in [1.165, 1.54) is 0 Å². The lowest BCUT2D eigenvalue weighted by atomic mass is 9.86. The van der Waals surface area contributed by atoms with Gasteiger partial charge in [0.25, 0.3) is 0 Å². The van der Waals surface area contributed by atoms with Crippen LogP contribution in [0.25, 0.3) is 22.2 Å². The predicted octanol–water partition coefficient (Wildman–Crippen LogP) is 4.29.